The number of hydrazone groups is 1. The summed E-state index contributed by atoms with van der Waals surface area (Å²) < 4.78 is 11.6. The number of nitrogens with one attached hydrogen (secondary N) is 1. The Kier molecular flexibility index (Phi) is 6.44. The van der Waals surface area contributed by atoms with Gasteiger partial charge in [-0.3, -0.25) is 4.79 Å². The highest BCUT2D eigenvalue weighted by Gasteiger charge is 2.12. The molecule has 126 valence electrons. The van der Waals surface area contributed by atoms with Crippen LogP contribution in [0.3, 0.4) is 0 Å². The van der Waals surface area contributed by atoms with Crippen LogP contribution < -0.4 is 14.9 Å². The van der Waals surface area contributed by atoms with Crippen molar-refractivity contribution < 1.29 is 19.4 Å². The normalized spacial score (nSPS) is 10.7. The minimum Gasteiger partial charge on any atom is -0.504 e. The number of halogens is 2. The van der Waals surface area contributed by atoms with Gasteiger partial charge in [-0.1, -0.05) is 15.9 Å². The van der Waals surface area contributed by atoms with Crippen molar-refractivity contribution in [2.45, 2.75) is 0 Å². The molecule has 2 aromatic rings. The van der Waals surface area contributed by atoms with Gasteiger partial charge in [0, 0.05) is 4.47 Å². The van der Waals surface area contributed by atoms with E-state index in [1.165, 1.54) is 20.4 Å². The third-order valence-corrected chi connectivity index (χ3v) is 4.37. The number of carbonyl (C=O) groups excluding carboxylic acids is 1. The molecule has 0 saturated carbocycles. The number of ether oxygens (including phenoxy) is 2. The zero-order chi connectivity index (χ0) is 17.7. The van der Waals surface area contributed by atoms with Gasteiger partial charge in [-0.05, 0) is 58.5 Å². The molecule has 0 aromatic heterocycles. The Labute approximate surface area is 161 Å². The zero-order valence-electron chi connectivity index (χ0n) is 12.8. The van der Waals surface area contributed by atoms with E-state index in [4.69, 9.17) is 9.47 Å². The first-order valence-corrected chi connectivity index (χ1v) is 8.57. The van der Waals surface area contributed by atoms with Gasteiger partial charge in [0.15, 0.2) is 11.5 Å². The minimum absolute atomic E-state index is 0.0677. The van der Waals surface area contributed by atoms with Gasteiger partial charge in [0.25, 0.3) is 5.91 Å². The largest absolute Gasteiger partial charge is 0.504 e. The Morgan fingerprint density at radius 3 is 2.62 bits per heavy atom. The van der Waals surface area contributed by atoms with Crippen molar-refractivity contribution in [3.63, 3.8) is 0 Å². The first-order chi connectivity index (χ1) is 11.5. The first-order valence-electron chi connectivity index (χ1n) is 6.69. The van der Waals surface area contributed by atoms with Crippen LogP contribution in [0.2, 0.25) is 0 Å². The lowest BCUT2D eigenvalue weighted by atomic mass is 10.2. The van der Waals surface area contributed by atoms with Crippen LogP contribution in [0.5, 0.6) is 17.2 Å². The minimum atomic E-state index is -0.398. The number of nitrogens with zero attached hydrogens (tertiary/aromatic N) is 1. The highest BCUT2D eigenvalue weighted by atomic mass is 127. The smallest absolute Gasteiger partial charge is 0.275 e. The van der Waals surface area contributed by atoms with E-state index >= 15 is 0 Å². The molecule has 8 heteroatoms. The van der Waals surface area contributed by atoms with Gasteiger partial charge in [0.05, 0.1) is 29.6 Å². The quantitative estimate of drug-likeness (QED) is 0.371. The molecule has 24 heavy (non-hydrogen) atoms. The van der Waals surface area contributed by atoms with E-state index in [0.717, 1.165) is 4.47 Å². The lowest BCUT2D eigenvalue weighted by Crippen LogP contribution is -2.18. The number of aromatic hydroxyl groups is 1. The summed E-state index contributed by atoms with van der Waals surface area (Å²) in [6.07, 6.45) is 1.46. The Hall–Kier alpha value is -1.81. The molecule has 0 fully saturated rings. The van der Waals surface area contributed by atoms with Gasteiger partial charge >= 0.3 is 0 Å². The van der Waals surface area contributed by atoms with E-state index in [-0.39, 0.29) is 5.75 Å². The summed E-state index contributed by atoms with van der Waals surface area (Å²) in [5.41, 5.74) is 3.48. The topological polar surface area (TPSA) is 80.2 Å². The van der Waals surface area contributed by atoms with Crippen LogP contribution in [0.15, 0.2) is 39.9 Å². The first kappa shape index (κ1) is 18.5. The van der Waals surface area contributed by atoms with Crippen molar-refractivity contribution >= 4 is 50.6 Å². The predicted molar refractivity (Wildman–Crippen MR) is 103 cm³/mol. The number of phenols is 1. The zero-order valence-corrected chi connectivity index (χ0v) is 16.6. The average Bonchev–Trinajstić information content (AvgIpc) is 2.57. The molecule has 0 atom stereocenters. The molecule has 0 heterocycles. The summed E-state index contributed by atoms with van der Waals surface area (Å²) in [6.45, 7) is 0. The van der Waals surface area contributed by atoms with Crippen molar-refractivity contribution in [1.82, 2.24) is 5.43 Å². The molecule has 2 rings (SSSR count). The van der Waals surface area contributed by atoms with E-state index in [9.17, 15) is 9.90 Å². The number of hydrogen-bond acceptors (Lipinski definition) is 5. The molecule has 0 unspecified atom stereocenters. The molecule has 1 amide bonds. The van der Waals surface area contributed by atoms with E-state index in [0.29, 0.717) is 26.2 Å². The second-order valence-electron chi connectivity index (χ2n) is 4.60. The van der Waals surface area contributed by atoms with Crippen LogP contribution in [-0.4, -0.2) is 31.4 Å². The standard InChI is InChI=1S/C16H14BrIN2O4/c1-23-13-4-3-10(17)7-11(13)16(22)20-19-8-9-5-12(18)15(21)14(6-9)24-2/h3-8,21H,1-2H3,(H,20,22)/b19-8-. The molecular formula is C16H14BrIN2O4. The molecule has 0 spiro atoms. The summed E-state index contributed by atoms with van der Waals surface area (Å²) >= 11 is 5.30. The molecule has 0 radical (unpaired) electrons. The molecule has 0 aliphatic carbocycles. The molecule has 0 aliphatic heterocycles. The van der Waals surface area contributed by atoms with E-state index in [2.05, 4.69) is 26.5 Å². The summed E-state index contributed by atoms with van der Waals surface area (Å²) in [6, 6.07) is 8.45. The lowest BCUT2D eigenvalue weighted by molar-refractivity contribution is 0.0952. The van der Waals surface area contributed by atoms with Crippen LogP contribution in [0.4, 0.5) is 0 Å². The fourth-order valence-corrected chi connectivity index (χ4v) is 2.89. The number of hydrogen-bond donors (Lipinski definition) is 2. The van der Waals surface area contributed by atoms with Crippen LogP contribution in [0, 0.1) is 3.57 Å². The molecular weight excluding hydrogens is 491 g/mol. The highest BCUT2D eigenvalue weighted by Crippen LogP contribution is 2.31. The van der Waals surface area contributed by atoms with Crippen molar-refractivity contribution in [2.24, 2.45) is 5.10 Å². The Morgan fingerprint density at radius 1 is 1.25 bits per heavy atom. The summed E-state index contributed by atoms with van der Waals surface area (Å²) in [5.74, 6) is 0.457. The predicted octanol–water partition coefficient (Wildman–Crippen LogP) is 3.54. The molecule has 0 saturated heterocycles. The SMILES string of the molecule is COc1ccc(Br)cc1C(=O)N/N=C\c1cc(I)c(O)c(OC)c1. The number of methoxy groups -OCH3 is 2. The fourth-order valence-electron chi connectivity index (χ4n) is 1.91. The second kappa shape index (κ2) is 8.34. The van der Waals surface area contributed by atoms with Crippen molar-refractivity contribution in [2.75, 3.05) is 14.2 Å². The maximum absolute atomic E-state index is 12.2. The van der Waals surface area contributed by atoms with Gasteiger partial charge in [-0.2, -0.15) is 5.10 Å². The highest BCUT2D eigenvalue weighted by molar-refractivity contribution is 14.1. The lowest BCUT2D eigenvalue weighted by Gasteiger charge is -2.08. The van der Waals surface area contributed by atoms with Crippen molar-refractivity contribution in [3.05, 3.63) is 49.5 Å². The number of carbonyl (C=O) groups is 1. The maximum atomic E-state index is 12.2. The monoisotopic (exact) mass is 504 g/mol. The third-order valence-electron chi connectivity index (χ3n) is 3.06. The molecule has 2 N–H and O–H groups in total. The van der Waals surface area contributed by atoms with Gasteiger partial charge in [-0.15, -0.1) is 0 Å². The molecule has 6 nitrogen and oxygen atoms in total. The van der Waals surface area contributed by atoms with Crippen molar-refractivity contribution in [1.29, 1.82) is 0 Å². The van der Waals surface area contributed by atoms with Crippen LogP contribution >= 0.6 is 38.5 Å². The average molecular weight is 505 g/mol. The van der Waals surface area contributed by atoms with Crippen LogP contribution in [0.1, 0.15) is 15.9 Å². The van der Waals surface area contributed by atoms with Crippen LogP contribution in [-0.2, 0) is 0 Å². The number of amides is 1. The summed E-state index contributed by atoms with van der Waals surface area (Å²) in [4.78, 5) is 12.2. The summed E-state index contributed by atoms with van der Waals surface area (Å²) in [7, 11) is 2.96. The molecule has 2 aromatic carbocycles. The third kappa shape index (κ3) is 4.38. The Morgan fingerprint density at radius 2 is 1.96 bits per heavy atom. The Balaban J connectivity index is 2.16. The van der Waals surface area contributed by atoms with Crippen molar-refractivity contribution in [3.8, 4) is 17.2 Å². The van der Waals surface area contributed by atoms with Crippen LogP contribution in [0.25, 0.3) is 0 Å². The molecule has 0 bridgehead atoms. The molecule has 0 aliphatic rings. The maximum Gasteiger partial charge on any atom is 0.275 e. The fraction of sp³-hybridized carbons (Fsp3) is 0.125. The number of phenolic OH excluding ortho intramolecular Hbond substituents is 1. The van der Waals surface area contributed by atoms with Gasteiger partial charge < -0.3 is 14.6 Å². The second-order valence-corrected chi connectivity index (χ2v) is 6.68. The van der Waals surface area contributed by atoms with Gasteiger partial charge in [0.2, 0.25) is 0 Å². The number of benzene rings is 2. The van der Waals surface area contributed by atoms with E-state index < -0.39 is 5.91 Å². The van der Waals surface area contributed by atoms with Gasteiger partial charge in [-0.25, -0.2) is 5.43 Å². The van der Waals surface area contributed by atoms with E-state index in [1.54, 1.807) is 30.3 Å². The van der Waals surface area contributed by atoms with Gasteiger partial charge in [0.1, 0.15) is 5.75 Å². The number of rotatable bonds is 5. The van der Waals surface area contributed by atoms with E-state index in [1.807, 2.05) is 22.6 Å². The Bertz CT molecular complexity index is 796. The summed E-state index contributed by atoms with van der Waals surface area (Å²) in [5, 5.41) is 13.7.